The number of carboxylic acids is 1. The van der Waals surface area contributed by atoms with Crippen LogP contribution in [0.1, 0.15) is 37.4 Å². The van der Waals surface area contributed by atoms with Crippen molar-refractivity contribution in [3.63, 3.8) is 0 Å². The lowest BCUT2D eigenvalue weighted by atomic mass is 9.86. The van der Waals surface area contributed by atoms with E-state index in [1.165, 1.54) is 24.3 Å². The van der Waals surface area contributed by atoms with Crippen LogP contribution in [0.15, 0.2) is 24.3 Å². The van der Waals surface area contributed by atoms with Crippen molar-refractivity contribution in [1.29, 1.82) is 0 Å². The summed E-state index contributed by atoms with van der Waals surface area (Å²) in [6.45, 7) is 0.0158. The Labute approximate surface area is 133 Å². The minimum atomic E-state index is -0.913. The van der Waals surface area contributed by atoms with E-state index in [2.05, 4.69) is 10.6 Å². The van der Waals surface area contributed by atoms with Gasteiger partial charge < -0.3 is 20.8 Å². The summed E-state index contributed by atoms with van der Waals surface area (Å²) in [7, 11) is 0. The molecule has 2 rings (SSSR count). The molecule has 1 aliphatic rings. The van der Waals surface area contributed by atoms with Gasteiger partial charge in [0.15, 0.2) is 0 Å². The number of hydrogen-bond donors (Lipinski definition) is 4. The Balaban J connectivity index is 1.71. The number of carboxylic acid groups (broad SMARTS) is 1. The summed E-state index contributed by atoms with van der Waals surface area (Å²) in [5.41, 5.74) is 0.522. The summed E-state index contributed by atoms with van der Waals surface area (Å²) >= 11 is 0. The summed E-state index contributed by atoms with van der Waals surface area (Å²) in [6.07, 6.45) is 1.45. The predicted octanol–water partition coefficient (Wildman–Crippen LogP) is 1.80. The molecule has 1 aliphatic carbocycles. The second kappa shape index (κ2) is 7.92. The number of aliphatic hydroxyl groups is 1. The van der Waals surface area contributed by atoms with Gasteiger partial charge in [-0.1, -0.05) is 12.1 Å². The molecule has 6 nitrogen and oxygen atoms in total. The van der Waals surface area contributed by atoms with Gasteiger partial charge in [-0.05, 0) is 43.4 Å². The smallest absolute Gasteiger partial charge is 0.315 e. The molecule has 1 saturated carbocycles. The van der Waals surface area contributed by atoms with E-state index < -0.39 is 18.1 Å². The van der Waals surface area contributed by atoms with Crippen molar-refractivity contribution in [1.82, 2.24) is 10.6 Å². The van der Waals surface area contributed by atoms with Gasteiger partial charge in [-0.15, -0.1) is 0 Å². The Hall–Kier alpha value is -2.15. The van der Waals surface area contributed by atoms with Crippen molar-refractivity contribution < 1.29 is 24.2 Å². The number of amides is 2. The monoisotopic (exact) mass is 324 g/mol. The highest BCUT2D eigenvalue weighted by Gasteiger charge is 2.26. The Bertz CT molecular complexity index is 542. The number of carbonyl (C=O) groups is 2. The van der Waals surface area contributed by atoms with Gasteiger partial charge in [-0.2, -0.15) is 0 Å². The average molecular weight is 324 g/mol. The van der Waals surface area contributed by atoms with Gasteiger partial charge in [-0.25, -0.2) is 9.18 Å². The molecule has 126 valence electrons. The van der Waals surface area contributed by atoms with Crippen LogP contribution in [0.5, 0.6) is 0 Å². The van der Waals surface area contributed by atoms with Gasteiger partial charge in [0.2, 0.25) is 0 Å². The van der Waals surface area contributed by atoms with Crippen LogP contribution < -0.4 is 10.6 Å². The zero-order valence-electron chi connectivity index (χ0n) is 12.7. The zero-order valence-corrected chi connectivity index (χ0v) is 12.7. The first-order valence-electron chi connectivity index (χ1n) is 7.66. The molecule has 1 fully saturated rings. The Morgan fingerprint density at radius 1 is 1.17 bits per heavy atom. The standard InChI is InChI=1S/C16H21FN2O4/c17-12-5-1-10(2-6-12)14(20)9-18-16(23)19-13-7-3-11(4-8-13)15(21)22/h1-2,5-6,11,13-14,20H,3-4,7-9H2,(H,21,22)(H2,18,19,23)/t11?,13?,14-/m1/s1. The van der Waals surface area contributed by atoms with Gasteiger partial charge >= 0.3 is 12.0 Å². The van der Waals surface area contributed by atoms with E-state index in [0.717, 1.165) is 0 Å². The fourth-order valence-electron chi connectivity index (χ4n) is 2.71. The Morgan fingerprint density at radius 3 is 2.35 bits per heavy atom. The van der Waals surface area contributed by atoms with Gasteiger partial charge in [-0.3, -0.25) is 4.79 Å². The molecule has 1 aromatic carbocycles. The molecule has 0 unspecified atom stereocenters. The van der Waals surface area contributed by atoms with Gasteiger partial charge in [0.25, 0.3) is 0 Å². The van der Waals surface area contributed by atoms with Crippen molar-refractivity contribution in [2.45, 2.75) is 37.8 Å². The predicted molar refractivity (Wildman–Crippen MR) is 81.3 cm³/mol. The molecule has 23 heavy (non-hydrogen) atoms. The van der Waals surface area contributed by atoms with Crippen LogP contribution in [-0.2, 0) is 4.79 Å². The van der Waals surface area contributed by atoms with Crippen molar-refractivity contribution in [2.24, 2.45) is 5.92 Å². The molecule has 7 heteroatoms. The van der Waals surface area contributed by atoms with Crippen LogP contribution in [-0.4, -0.2) is 34.8 Å². The second-order valence-electron chi connectivity index (χ2n) is 5.81. The molecular weight excluding hydrogens is 303 g/mol. The normalized spacial score (nSPS) is 22.2. The fraction of sp³-hybridized carbons (Fsp3) is 0.500. The van der Waals surface area contributed by atoms with Gasteiger partial charge in [0, 0.05) is 12.6 Å². The largest absolute Gasteiger partial charge is 0.481 e. The third kappa shape index (κ3) is 5.21. The third-order valence-corrected chi connectivity index (χ3v) is 4.12. The maximum absolute atomic E-state index is 12.8. The number of rotatable bonds is 5. The zero-order chi connectivity index (χ0) is 16.8. The second-order valence-corrected chi connectivity index (χ2v) is 5.81. The molecule has 0 spiro atoms. The van der Waals surface area contributed by atoms with E-state index in [0.29, 0.717) is 31.2 Å². The maximum Gasteiger partial charge on any atom is 0.315 e. The molecule has 0 radical (unpaired) electrons. The highest BCUT2D eigenvalue weighted by molar-refractivity contribution is 5.74. The first-order chi connectivity index (χ1) is 11.0. The quantitative estimate of drug-likeness (QED) is 0.664. The minimum absolute atomic E-state index is 0.0158. The summed E-state index contributed by atoms with van der Waals surface area (Å²) in [5, 5.41) is 24.2. The first kappa shape index (κ1) is 17.2. The fourth-order valence-corrected chi connectivity index (χ4v) is 2.71. The lowest BCUT2D eigenvalue weighted by molar-refractivity contribution is -0.142. The number of aliphatic carboxylic acids is 1. The number of aliphatic hydroxyl groups excluding tert-OH is 1. The molecule has 0 aliphatic heterocycles. The number of carbonyl (C=O) groups excluding carboxylic acids is 1. The van der Waals surface area contributed by atoms with E-state index in [9.17, 15) is 19.1 Å². The van der Waals surface area contributed by atoms with Crippen LogP contribution >= 0.6 is 0 Å². The molecule has 1 atom stereocenters. The minimum Gasteiger partial charge on any atom is -0.481 e. The number of nitrogens with one attached hydrogen (secondary N) is 2. The van der Waals surface area contributed by atoms with Crippen molar-refractivity contribution in [3.8, 4) is 0 Å². The highest BCUT2D eigenvalue weighted by atomic mass is 19.1. The SMILES string of the molecule is O=C(NC[C@@H](O)c1ccc(F)cc1)NC1CCC(C(=O)O)CC1. The van der Waals surface area contributed by atoms with Crippen LogP contribution in [0.2, 0.25) is 0 Å². The Kier molecular flexibility index (Phi) is 5.92. The first-order valence-corrected chi connectivity index (χ1v) is 7.66. The van der Waals surface area contributed by atoms with Crippen LogP contribution in [0, 0.1) is 11.7 Å². The van der Waals surface area contributed by atoms with E-state index in [1.807, 2.05) is 0 Å². The lowest BCUT2D eigenvalue weighted by Gasteiger charge is -2.27. The van der Waals surface area contributed by atoms with E-state index in [4.69, 9.17) is 5.11 Å². The number of benzene rings is 1. The molecule has 4 N–H and O–H groups in total. The topological polar surface area (TPSA) is 98.7 Å². The van der Waals surface area contributed by atoms with Crippen molar-refractivity contribution in [3.05, 3.63) is 35.6 Å². The van der Waals surface area contributed by atoms with E-state index in [-0.39, 0.29) is 24.3 Å². The number of halogens is 1. The van der Waals surface area contributed by atoms with Crippen molar-refractivity contribution >= 4 is 12.0 Å². The summed E-state index contributed by atoms with van der Waals surface area (Å²) in [6, 6.07) is 4.98. The lowest BCUT2D eigenvalue weighted by Crippen LogP contribution is -2.45. The average Bonchev–Trinajstić information content (AvgIpc) is 2.54. The molecular formula is C16H21FN2O4. The van der Waals surface area contributed by atoms with E-state index in [1.54, 1.807) is 0 Å². The summed E-state index contributed by atoms with van der Waals surface area (Å²) in [5.74, 6) is -1.49. The highest BCUT2D eigenvalue weighted by Crippen LogP contribution is 2.24. The van der Waals surface area contributed by atoms with Crippen molar-refractivity contribution in [2.75, 3.05) is 6.54 Å². The van der Waals surface area contributed by atoms with Crippen LogP contribution in [0.3, 0.4) is 0 Å². The van der Waals surface area contributed by atoms with Gasteiger partial charge in [0.05, 0.1) is 12.0 Å². The molecule has 1 aromatic rings. The van der Waals surface area contributed by atoms with Crippen LogP contribution in [0.4, 0.5) is 9.18 Å². The van der Waals surface area contributed by atoms with Gasteiger partial charge in [0.1, 0.15) is 5.82 Å². The summed E-state index contributed by atoms with van der Waals surface area (Å²) in [4.78, 5) is 22.7. The van der Waals surface area contributed by atoms with Crippen LogP contribution in [0.25, 0.3) is 0 Å². The summed E-state index contributed by atoms with van der Waals surface area (Å²) < 4.78 is 12.8. The van der Waals surface area contributed by atoms with E-state index >= 15 is 0 Å². The molecule has 0 saturated heterocycles. The number of urea groups is 1. The molecule has 0 bridgehead atoms. The molecule has 2 amide bonds. The maximum atomic E-state index is 12.8. The third-order valence-electron chi connectivity index (χ3n) is 4.12. The molecule has 0 heterocycles. The molecule has 0 aromatic heterocycles. The number of hydrogen-bond acceptors (Lipinski definition) is 3. The Morgan fingerprint density at radius 2 is 1.78 bits per heavy atom.